The number of nitrogens with one attached hydrogen (secondary N) is 1. The van der Waals surface area contributed by atoms with Crippen molar-refractivity contribution in [1.82, 2.24) is 5.32 Å². The van der Waals surface area contributed by atoms with Gasteiger partial charge in [-0.3, -0.25) is 4.79 Å². The number of carbonyl (C=O) groups excluding carboxylic acids is 1. The molecule has 1 N–H and O–H groups in total. The minimum Gasteiger partial charge on any atom is -0.317 e. The summed E-state index contributed by atoms with van der Waals surface area (Å²) in [6.45, 7) is 4.15. The average Bonchev–Trinajstić information content (AvgIpc) is 2.41. The van der Waals surface area contributed by atoms with Crippen LogP contribution in [0.15, 0.2) is 30.3 Å². The molecule has 2 heteroatoms. The van der Waals surface area contributed by atoms with Crippen LogP contribution in [-0.2, 0) is 11.2 Å². The predicted molar refractivity (Wildman–Crippen MR) is 74.6 cm³/mol. The molecule has 0 atom stereocenters. The second kappa shape index (κ2) is 6.14. The van der Waals surface area contributed by atoms with Gasteiger partial charge < -0.3 is 5.32 Å². The Morgan fingerprint density at radius 3 is 2.50 bits per heavy atom. The number of rotatable bonds is 5. The summed E-state index contributed by atoms with van der Waals surface area (Å²) in [5.41, 5.74) is 1.09. The summed E-state index contributed by atoms with van der Waals surface area (Å²) in [5, 5.41) is 3.36. The van der Waals surface area contributed by atoms with E-state index < -0.39 is 0 Å². The van der Waals surface area contributed by atoms with Crippen LogP contribution in [-0.4, -0.2) is 18.9 Å². The van der Waals surface area contributed by atoms with E-state index in [1.165, 1.54) is 0 Å². The van der Waals surface area contributed by atoms with Crippen LogP contribution in [0.25, 0.3) is 0 Å². The lowest BCUT2D eigenvalue weighted by Crippen LogP contribution is -2.42. The van der Waals surface area contributed by atoms with Crippen molar-refractivity contribution in [1.29, 1.82) is 0 Å². The second-order valence-corrected chi connectivity index (χ2v) is 5.37. The van der Waals surface area contributed by atoms with Gasteiger partial charge in [-0.15, -0.1) is 0 Å². The van der Waals surface area contributed by atoms with Gasteiger partial charge in [-0.2, -0.15) is 0 Å². The van der Waals surface area contributed by atoms with E-state index in [9.17, 15) is 4.79 Å². The standard InChI is InChI=1S/C16H23NO/c1-2-8-16(9-11-17-12-10-16)15(18)13-14-6-4-3-5-7-14/h3-7,17H,2,8-13H2,1H3. The van der Waals surface area contributed by atoms with Gasteiger partial charge >= 0.3 is 0 Å². The number of carbonyl (C=O) groups is 1. The van der Waals surface area contributed by atoms with Gasteiger partial charge in [-0.25, -0.2) is 0 Å². The Labute approximate surface area is 110 Å². The Kier molecular flexibility index (Phi) is 4.54. The molecule has 0 aliphatic carbocycles. The molecule has 2 nitrogen and oxygen atoms in total. The van der Waals surface area contributed by atoms with Crippen LogP contribution in [0.1, 0.15) is 38.2 Å². The van der Waals surface area contributed by atoms with Crippen LogP contribution in [0.5, 0.6) is 0 Å². The van der Waals surface area contributed by atoms with Gasteiger partial charge in [0.2, 0.25) is 0 Å². The van der Waals surface area contributed by atoms with Gasteiger partial charge in [0.15, 0.2) is 0 Å². The van der Waals surface area contributed by atoms with Crippen LogP contribution < -0.4 is 5.32 Å². The van der Waals surface area contributed by atoms with E-state index in [0.29, 0.717) is 12.2 Å². The molecule has 0 unspecified atom stereocenters. The van der Waals surface area contributed by atoms with Crippen molar-refractivity contribution in [3.63, 3.8) is 0 Å². The molecule has 0 bridgehead atoms. The van der Waals surface area contributed by atoms with Crippen LogP contribution >= 0.6 is 0 Å². The quantitative estimate of drug-likeness (QED) is 0.864. The third-order valence-corrected chi connectivity index (χ3v) is 4.09. The first-order valence-corrected chi connectivity index (χ1v) is 7.05. The first kappa shape index (κ1) is 13.3. The van der Waals surface area contributed by atoms with Gasteiger partial charge in [0.05, 0.1) is 0 Å². The highest BCUT2D eigenvalue weighted by atomic mass is 16.1. The molecule has 18 heavy (non-hydrogen) atoms. The first-order chi connectivity index (χ1) is 8.77. The van der Waals surface area contributed by atoms with Gasteiger partial charge in [0.25, 0.3) is 0 Å². The Morgan fingerprint density at radius 2 is 1.89 bits per heavy atom. The highest BCUT2D eigenvalue weighted by Gasteiger charge is 2.37. The predicted octanol–water partition coefficient (Wildman–Crippen LogP) is 2.97. The van der Waals surface area contributed by atoms with Crippen molar-refractivity contribution >= 4 is 5.78 Å². The molecular formula is C16H23NO. The van der Waals surface area contributed by atoms with Gasteiger partial charge in [-0.1, -0.05) is 43.7 Å². The Balaban J connectivity index is 2.08. The van der Waals surface area contributed by atoms with Crippen LogP contribution in [0, 0.1) is 5.41 Å². The minimum absolute atomic E-state index is 0.0597. The summed E-state index contributed by atoms with van der Waals surface area (Å²) in [6, 6.07) is 10.1. The maximum Gasteiger partial charge on any atom is 0.143 e. The summed E-state index contributed by atoms with van der Waals surface area (Å²) in [5.74, 6) is 0.442. The monoisotopic (exact) mass is 245 g/mol. The molecule has 1 aromatic carbocycles. The second-order valence-electron chi connectivity index (χ2n) is 5.37. The number of hydrogen-bond donors (Lipinski definition) is 1. The molecule has 0 saturated carbocycles. The lowest BCUT2D eigenvalue weighted by molar-refractivity contribution is -0.130. The molecule has 98 valence electrons. The zero-order valence-electron chi connectivity index (χ0n) is 11.2. The van der Waals surface area contributed by atoms with Crippen molar-refractivity contribution in [2.75, 3.05) is 13.1 Å². The zero-order chi connectivity index (χ0) is 12.8. The van der Waals surface area contributed by atoms with E-state index in [1.54, 1.807) is 0 Å². The zero-order valence-corrected chi connectivity index (χ0v) is 11.2. The van der Waals surface area contributed by atoms with Crippen LogP contribution in [0.3, 0.4) is 0 Å². The largest absolute Gasteiger partial charge is 0.317 e. The molecule has 0 amide bonds. The Hall–Kier alpha value is -1.15. The molecule has 2 rings (SSSR count). The van der Waals surface area contributed by atoms with Gasteiger partial charge in [0, 0.05) is 11.8 Å². The third kappa shape index (κ3) is 2.99. The number of benzene rings is 1. The summed E-state index contributed by atoms with van der Waals surface area (Å²) in [6.07, 6.45) is 4.75. The smallest absolute Gasteiger partial charge is 0.143 e. The third-order valence-electron chi connectivity index (χ3n) is 4.09. The number of hydrogen-bond acceptors (Lipinski definition) is 2. The molecule has 1 saturated heterocycles. The lowest BCUT2D eigenvalue weighted by Gasteiger charge is -2.36. The van der Waals surface area contributed by atoms with E-state index >= 15 is 0 Å². The van der Waals surface area contributed by atoms with Crippen molar-refractivity contribution in [2.24, 2.45) is 5.41 Å². The van der Waals surface area contributed by atoms with E-state index in [4.69, 9.17) is 0 Å². The molecule has 1 aliphatic rings. The molecule has 1 aromatic rings. The minimum atomic E-state index is -0.0597. The fraction of sp³-hybridized carbons (Fsp3) is 0.562. The molecule has 0 spiro atoms. The number of Topliss-reactive ketones (excluding diaryl/α,β-unsaturated/α-hetero) is 1. The molecule has 1 heterocycles. The molecule has 1 fully saturated rings. The SMILES string of the molecule is CCCC1(C(=O)Cc2ccccc2)CCNCC1. The highest BCUT2D eigenvalue weighted by molar-refractivity contribution is 5.87. The maximum atomic E-state index is 12.7. The van der Waals surface area contributed by atoms with Gasteiger partial charge in [-0.05, 0) is 37.9 Å². The lowest BCUT2D eigenvalue weighted by atomic mass is 9.70. The fourth-order valence-corrected chi connectivity index (χ4v) is 3.02. The van der Waals surface area contributed by atoms with Crippen LogP contribution in [0.4, 0.5) is 0 Å². The summed E-state index contributed by atoms with van der Waals surface area (Å²) in [4.78, 5) is 12.7. The Bertz CT molecular complexity index is 374. The normalized spacial score (nSPS) is 18.5. The van der Waals surface area contributed by atoms with Crippen LogP contribution in [0.2, 0.25) is 0 Å². The summed E-state index contributed by atoms with van der Waals surface area (Å²) >= 11 is 0. The number of piperidine rings is 1. The average molecular weight is 245 g/mol. The number of ketones is 1. The van der Waals surface area contributed by atoms with Crippen molar-refractivity contribution < 1.29 is 4.79 Å². The maximum absolute atomic E-state index is 12.7. The molecule has 0 radical (unpaired) electrons. The van der Waals surface area contributed by atoms with E-state index in [1.807, 2.05) is 18.2 Å². The summed E-state index contributed by atoms with van der Waals surface area (Å²) in [7, 11) is 0. The first-order valence-electron chi connectivity index (χ1n) is 7.05. The van der Waals surface area contributed by atoms with E-state index in [-0.39, 0.29) is 5.41 Å². The molecule has 0 aromatic heterocycles. The fourth-order valence-electron chi connectivity index (χ4n) is 3.02. The summed E-state index contributed by atoms with van der Waals surface area (Å²) < 4.78 is 0. The van der Waals surface area contributed by atoms with Crippen molar-refractivity contribution in [2.45, 2.75) is 39.0 Å². The topological polar surface area (TPSA) is 29.1 Å². The highest BCUT2D eigenvalue weighted by Crippen LogP contribution is 2.36. The van der Waals surface area contributed by atoms with E-state index in [2.05, 4.69) is 24.4 Å². The Morgan fingerprint density at radius 1 is 1.22 bits per heavy atom. The van der Waals surface area contributed by atoms with E-state index in [0.717, 1.165) is 44.3 Å². The molecule has 1 aliphatic heterocycles. The van der Waals surface area contributed by atoms with Crippen molar-refractivity contribution in [3.05, 3.63) is 35.9 Å². The van der Waals surface area contributed by atoms with Crippen molar-refractivity contribution in [3.8, 4) is 0 Å². The van der Waals surface area contributed by atoms with Gasteiger partial charge in [0.1, 0.15) is 5.78 Å². The molecular weight excluding hydrogens is 222 g/mol.